The third-order valence-electron chi connectivity index (χ3n) is 4.08. The zero-order valence-corrected chi connectivity index (χ0v) is 14.6. The first-order chi connectivity index (χ1) is 11.6. The summed E-state index contributed by atoms with van der Waals surface area (Å²) >= 11 is 0. The average molecular weight is 395 g/mol. The number of ketones is 1. The van der Waals surface area contributed by atoms with Crippen LogP contribution in [0.15, 0.2) is 24.3 Å². The Balaban J connectivity index is 0.00000338. The van der Waals surface area contributed by atoms with Crippen LogP contribution < -0.4 is 5.32 Å². The van der Waals surface area contributed by atoms with Crippen LogP contribution in [-0.2, 0) is 9.59 Å². The summed E-state index contributed by atoms with van der Waals surface area (Å²) in [6.45, 7) is 0.0307. The van der Waals surface area contributed by atoms with Crippen LogP contribution in [0.4, 0.5) is 18.9 Å². The Hall–Kier alpha value is -2.13. The van der Waals surface area contributed by atoms with Crippen molar-refractivity contribution < 1.29 is 32.7 Å². The summed E-state index contributed by atoms with van der Waals surface area (Å²) in [5, 5.41) is 11.5. The minimum atomic E-state index is -4.64. The molecular weight excluding hydrogens is 377 g/mol. The van der Waals surface area contributed by atoms with Crippen molar-refractivity contribution in [3.8, 4) is 0 Å². The van der Waals surface area contributed by atoms with E-state index in [0.29, 0.717) is 0 Å². The Morgan fingerprint density at radius 2 is 1.85 bits per heavy atom. The van der Waals surface area contributed by atoms with E-state index in [1.807, 2.05) is 0 Å². The summed E-state index contributed by atoms with van der Waals surface area (Å²) in [5.41, 5.74) is 0.551. The van der Waals surface area contributed by atoms with Crippen LogP contribution in [0.5, 0.6) is 0 Å². The van der Waals surface area contributed by atoms with Crippen molar-refractivity contribution in [2.75, 3.05) is 25.0 Å². The summed E-state index contributed by atoms with van der Waals surface area (Å²) in [4.78, 5) is 35.8. The van der Waals surface area contributed by atoms with Gasteiger partial charge in [0.2, 0.25) is 5.91 Å². The largest absolute Gasteiger partial charge is 0.481 e. The number of hydrogen-bond acceptors (Lipinski definition) is 4. The van der Waals surface area contributed by atoms with Crippen LogP contribution in [0.2, 0.25) is 0 Å². The quantitative estimate of drug-likeness (QED) is 0.749. The monoisotopic (exact) mass is 394 g/mol. The zero-order chi connectivity index (χ0) is 18.8. The second-order valence-electron chi connectivity index (χ2n) is 5.94. The van der Waals surface area contributed by atoms with Gasteiger partial charge in [0.1, 0.15) is 0 Å². The van der Waals surface area contributed by atoms with Crippen LogP contribution in [0, 0.1) is 11.8 Å². The second-order valence-corrected chi connectivity index (χ2v) is 5.94. The number of hydrogen-bond donors (Lipinski definition) is 2. The van der Waals surface area contributed by atoms with Gasteiger partial charge in [0, 0.05) is 18.7 Å². The standard InChI is InChI=1S/C16H17F3N2O4.ClH/c1-9(22)10-4-2-3-5-13(10)20-14(23)8-21-6-11(15(24)25)12(7-21)16(17,18)19;/h2-5,11-12H,6-8H2,1H3,(H,20,23)(H,24,25);1H/t11-,12-;/m1./s1. The van der Waals surface area contributed by atoms with E-state index in [1.165, 1.54) is 19.1 Å². The van der Waals surface area contributed by atoms with E-state index in [1.54, 1.807) is 12.1 Å². The predicted molar refractivity (Wildman–Crippen MR) is 89.4 cm³/mol. The molecule has 0 unspecified atom stereocenters. The predicted octanol–water partition coefficient (Wildman–Crippen LogP) is 2.44. The summed E-state index contributed by atoms with van der Waals surface area (Å²) in [6, 6.07) is 6.27. The van der Waals surface area contributed by atoms with E-state index in [-0.39, 0.29) is 42.5 Å². The molecule has 0 spiro atoms. The van der Waals surface area contributed by atoms with Crippen molar-refractivity contribution in [1.29, 1.82) is 0 Å². The van der Waals surface area contributed by atoms with Crippen molar-refractivity contribution >= 4 is 35.8 Å². The van der Waals surface area contributed by atoms with Crippen molar-refractivity contribution in [2.45, 2.75) is 13.1 Å². The number of alkyl halides is 3. The number of carbonyl (C=O) groups excluding carboxylic acids is 2. The van der Waals surface area contributed by atoms with Crippen molar-refractivity contribution in [2.24, 2.45) is 11.8 Å². The normalized spacial score (nSPS) is 20.3. The summed E-state index contributed by atoms with van der Waals surface area (Å²) in [5.74, 6) is -6.02. The highest BCUT2D eigenvalue weighted by Gasteiger charge is 2.52. The maximum atomic E-state index is 12.9. The summed E-state index contributed by atoms with van der Waals surface area (Å²) in [6.07, 6.45) is -4.64. The lowest BCUT2D eigenvalue weighted by Gasteiger charge is -2.18. The molecule has 0 aromatic heterocycles. The first-order valence-electron chi connectivity index (χ1n) is 7.51. The molecule has 1 saturated heterocycles. The highest BCUT2D eigenvalue weighted by molar-refractivity contribution is 6.04. The van der Waals surface area contributed by atoms with E-state index in [9.17, 15) is 27.6 Å². The number of likely N-dealkylation sites (tertiary alicyclic amines) is 1. The van der Waals surface area contributed by atoms with Gasteiger partial charge in [-0.25, -0.2) is 0 Å². The Labute approximate surface area is 153 Å². The average Bonchev–Trinajstić information content (AvgIpc) is 2.91. The van der Waals surface area contributed by atoms with Gasteiger partial charge in [0.15, 0.2) is 5.78 Å². The maximum Gasteiger partial charge on any atom is 0.393 e. The number of para-hydroxylation sites is 1. The molecule has 1 fully saturated rings. The van der Waals surface area contributed by atoms with Crippen LogP contribution in [0.25, 0.3) is 0 Å². The molecule has 10 heteroatoms. The van der Waals surface area contributed by atoms with Gasteiger partial charge in [-0.15, -0.1) is 12.4 Å². The number of carboxylic acids is 1. The van der Waals surface area contributed by atoms with Gasteiger partial charge >= 0.3 is 12.1 Å². The van der Waals surface area contributed by atoms with Gasteiger partial charge in [0.05, 0.1) is 24.1 Å². The van der Waals surface area contributed by atoms with Crippen LogP contribution in [-0.4, -0.2) is 53.5 Å². The van der Waals surface area contributed by atoms with Crippen LogP contribution >= 0.6 is 12.4 Å². The molecular formula is C16H18ClF3N2O4. The van der Waals surface area contributed by atoms with Crippen LogP contribution in [0.3, 0.4) is 0 Å². The van der Waals surface area contributed by atoms with Gasteiger partial charge in [-0.3, -0.25) is 19.3 Å². The summed E-state index contributed by atoms with van der Waals surface area (Å²) in [7, 11) is 0. The molecule has 0 bridgehead atoms. The van der Waals surface area contributed by atoms with Crippen molar-refractivity contribution in [1.82, 2.24) is 4.90 Å². The fourth-order valence-corrected chi connectivity index (χ4v) is 2.89. The van der Waals surface area contributed by atoms with Gasteiger partial charge < -0.3 is 10.4 Å². The molecule has 1 aliphatic heterocycles. The zero-order valence-electron chi connectivity index (χ0n) is 13.7. The Kier molecular flexibility index (Phi) is 7.16. The number of anilines is 1. The van der Waals surface area contributed by atoms with Gasteiger partial charge in [-0.1, -0.05) is 12.1 Å². The molecule has 144 valence electrons. The molecule has 1 heterocycles. The Morgan fingerprint density at radius 1 is 1.23 bits per heavy atom. The highest BCUT2D eigenvalue weighted by Crippen LogP contribution is 2.37. The van der Waals surface area contributed by atoms with E-state index < -0.39 is 36.4 Å². The topological polar surface area (TPSA) is 86.7 Å². The lowest BCUT2D eigenvalue weighted by Crippen LogP contribution is -2.34. The number of benzene rings is 1. The maximum absolute atomic E-state index is 12.9. The number of Topliss-reactive ketones (excluding diaryl/α,β-unsaturated/α-hetero) is 1. The Bertz CT molecular complexity index is 696. The third-order valence-corrected chi connectivity index (χ3v) is 4.08. The van der Waals surface area contributed by atoms with Crippen molar-refractivity contribution in [3.05, 3.63) is 29.8 Å². The number of aliphatic carboxylic acids is 1. The smallest absolute Gasteiger partial charge is 0.393 e. The van der Waals surface area contributed by atoms with Gasteiger partial charge in [-0.2, -0.15) is 13.2 Å². The number of rotatable bonds is 5. The first-order valence-corrected chi connectivity index (χ1v) is 7.51. The SMILES string of the molecule is CC(=O)c1ccccc1NC(=O)CN1C[C@@H](C(F)(F)F)[C@H](C(=O)O)C1.Cl. The first kappa shape index (κ1) is 21.9. The molecule has 1 amide bonds. The minimum absolute atomic E-state index is 0. The third kappa shape index (κ3) is 5.18. The molecule has 26 heavy (non-hydrogen) atoms. The van der Waals surface area contributed by atoms with Gasteiger partial charge in [-0.05, 0) is 19.1 Å². The van der Waals surface area contributed by atoms with E-state index in [4.69, 9.17) is 5.11 Å². The molecule has 1 aromatic carbocycles. The molecule has 0 saturated carbocycles. The Morgan fingerprint density at radius 3 is 2.35 bits per heavy atom. The number of carbonyl (C=O) groups is 3. The number of halogens is 4. The molecule has 0 aliphatic carbocycles. The molecule has 2 rings (SSSR count). The van der Waals surface area contributed by atoms with E-state index >= 15 is 0 Å². The fourth-order valence-electron chi connectivity index (χ4n) is 2.89. The van der Waals surface area contributed by atoms with E-state index in [0.717, 1.165) is 4.90 Å². The number of nitrogens with one attached hydrogen (secondary N) is 1. The molecule has 1 aromatic rings. The highest BCUT2D eigenvalue weighted by atomic mass is 35.5. The van der Waals surface area contributed by atoms with Crippen LogP contribution in [0.1, 0.15) is 17.3 Å². The summed E-state index contributed by atoms with van der Waals surface area (Å²) < 4.78 is 38.8. The second kappa shape index (κ2) is 8.50. The molecule has 1 aliphatic rings. The molecule has 0 radical (unpaired) electrons. The molecule has 2 atom stereocenters. The molecule has 6 nitrogen and oxygen atoms in total. The lowest BCUT2D eigenvalue weighted by molar-refractivity contribution is -0.188. The molecule has 2 N–H and O–H groups in total. The van der Waals surface area contributed by atoms with Crippen molar-refractivity contribution in [3.63, 3.8) is 0 Å². The van der Waals surface area contributed by atoms with Gasteiger partial charge in [0.25, 0.3) is 0 Å². The lowest BCUT2D eigenvalue weighted by atomic mass is 9.96. The number of nitrogens with zero attached hydrogens (tertiary/aromatic N) is 1. The fraction of sp³-hybridized carbons (Fsp3) is 0.438. The minimum Gasteiger partial charge on any atom is -0.481 e. The number of carboxylic acid groups (broad SMARTS) is 1. The number of amides is 1. The van der Waals surface area contributed by atoms with E-state index in [2.05, 4.69) is 5.32 Å².